The van der Waals surface area contributed by atoms with Crippen molar-refractivity contribution in [1.82, 2.24) is 9.80 Å². The highest BCUT2D eigenvalue weighted by atomic mass is 16.6. The van der Waals surface area contributed by atoms with Crippen LogP contribution in [0.25, 0.3) is 5.76 Å². The van der Waals surface area contributed by atoms with Crippen molar-refractivity contribution in [3.63, 3.8) is 0 Å². The standard InChI is InChI=1S/C26H30N2O6/c1-4-32-19-8-5-7-17(15-19)23-22(25(30)26(31)28(23)12-6-11-27(2)3)24(29)18-9-10-20-21(16-18)34-14-13-33-20/h5,7-10,15-16,23,29H,4,6,11-14H2,1-3H3/b24-22-. The molecule has 2 aliphatic rings. The monoisotopic (exact) mass is 466 g/mol. The van der Waals surface area contributed by atoms with Crippen LogP contribution in [0.15, 0.2) is 48.0 Å². The summed E-state index contributed by atoms with van der Waals surface area (Å²) in [5, 5.41) is 11.3. The van der Waals surface area contributed by atoms with Gasteiger partial charge in [0.15, 0.2) is 11.5 Å². The Kier molecular flexibility index (Phi) is 7.07. The number of hydrogen-bond donors (Lipinski definition) is 1. The summed E-state index contributed by atoms with van der Waals surface area (Å²) < 4.78 is 16.8. The summed E-state index contributed by atoms with van der Waals surface area (Å²) in [6, 6.07) is 11.6. The van der Waals surface area contributed by atoms with Gasteiger partial charge in [0.2, 0.25) is 0 Å². The molecule has 0 aliphatic carbocycles. The summed E-state index contributed by atoms with van der Waals surface area (Å²) >= 11 is 0. The third-order valence-electron chi connectivity index (χ3n) is 5.84. The van der Waals surface area contributed by atoms with Gasteiger partial charge in [0, 0.05) is 12.1 Å². The van der Waals surface area contributed by atoms with Crippen LogP contribution in [0.3, 0.4) is 0 Å². The molecule has 0 saturated carbocycles. The second-order valence-electron chi connectivity index (χ2n) is 8.51. The van der Waals surface area contributed by atoms with E-state index in [0.29, 0.717) is 61.2 Å². The number of likely N-dealkylation sites (tertiary alicyclic amines) is 1. The van der Waals surface area contributed by atoms with Gasteiger partial charge in [0.1, 0.15) is 24.7 Å². The number of ether oxygens (including phenoxy) is 3. The van der Waals surface area contributed by atoms with Crippen LogP contribution in [0.2, 0.25) is 0 Å². The molecule has 2 heterocycles. The van der Waals surface area contributed by atoms with Crippen molar-refractivity contribution in [2.24, 2.45) is 0 Å². The van der Waals surface area contributed by atoms with Crippen LogP contribution in [-0.4, -0.2) is 73.6 Å². The topological polar surface area (TPSA) is 88.5 Å². The normalized spacial score (nSPS) is 19.1. The molecule has 180 valence electrons. The van der Waals surface area contributed by atoms with E-state index < -0.39 is 17.7 Å². The molecule has 8 heteroatoms. The Morgan fingerprint density at radius 3 is 2.62 bits per heavy atom. The number of fused-ring (bicyclic) bond motifs is 1. The minimum absolute atomic E-state index is 0.0557. The van der Waals surface area contributed by atoms with Crippen LogP contribution in [-0.2, 0) is 9.59 Å². The smallest absolute Gasteiger partial charge is 0.295 e. The van der Waals surface area contributed by atoms with Gasteiger partial charge in [0.05, 0.1) is 18.2 Å². The maximum atomic E-state index is 13.2. The minimum atomic E-state index is -0.726. The lowest BCUT2D eigenvalue weighted by Crippen LogP contribution is -2.32. The fraction of sp³-hybridized carbons (Fsp3) is 0.385. The average Bonchev–Trinajstić information content (AvgIpc) is 3.08. The first kappa shape index (κ1) is 23.6. The third kappa shape index (κ3) is 4.72. The number of Topliss-reactive ketones (excluding diaryl/α,β-unsaturated/α-hetero) is 1. The molecule has 1 amide bonds. The lowest BCUT2D eigenvalue weighted by Gasteiger charge is -2.26. The van der Waals surface area contributed by atoms with Gasteiger partial charge >= 0.3 is 0 Å². The van der Waals surface area contributed by atoms with E-state index in [2.05, 4.69) is 0 Å². The Morgan fingerprint density at radius 1 is 1.12 bits per heavy atom. The molecule has 2 aliphatic heterocycles. The van der Waals surface area contributed by atoms with E-state index in [0.717, 1.165) is 6.54 Å². The largest absolute Gasteiger partial charge is 0.507 e. The maximum absolute atomic E-state index is 13.2. The van der Waals surface area contributed by atoms with Gasteiger partial charge in [-0.25, -0.2) is 0 Å². The molecule has 0 bridgehead atoms. The predicted molar refractivity (Wildman–Crippen MR) is 127 cm³/mol. The molecule has 0 radical (unpaired) electrons. The van der Waals surface area contributed by atoms with Crippen LogP contribution < -0.4 is 14.2 Å². The van der Waals surface area contributed by atoms with Gasteiger partial charge < -0.3 is 29.1 Å². The van der Waals surface area contributed by atoms with Crippen LogP contribution >= 0.6 is 0 Å². The van der Waals surface area contributed by atoms with E-state index in [4.69, 9.17) is 14.2 Å². The Morgan fingerprint density at radius 2 is 1.88 bits per heavy atom. The fourth-order valence-electron chi connectivity index (χ4n) is 4.30. The molecular formula is C26H30N2O6. The zero-order valence-corrected chi connectivity index (χ0v) is 19.7. The highest BCUT2D eigenvalue weighted by Gasteiger charge is 2.46. The van der Waals surface area contributed by atoms with E-state index in [1.54, 1.807) is 23.1 Å². The van der Waals surface area contributed by atoms with Crippen molar-refractivity contribution in [2.45, 2.75) is 19.4 Å². The first-order valence-corrected chi connectivity index (χ1v) is 11.5. The van der Waals surface area contributed by atoms with Crippen molar-refractivity contribution >= 4 is 17.4 Å². The molecule has 4 rings (SSSR count). The average molecular weight is 467 g/mol. The summed E-state index contributed by atoms with van der Waals surface area (Å²) in [5.74, 6) is 0.141. The number of nitrogens with zero attached hydrogens (tertiary/aromatic N) is 2. The predicted octanol–water partition coefficient (Wildman–Crippen LogP) is 3.23. The summed E-state index contributed by atoms with van der Waals surface area (Å²) in [6.45, 7) is 4.37. The summed E-state index contributed by atoms with van der Waals surface area (Å²) in [7, 11) is 3.91. The van der Waals surface area contributed by atoms with Crippen molar-refractivity contribution in [2.75, 3.05) is 47.0 Å². The number of benzene rings is 2. The Labute approximate surface area is 199 Å². The SMILES string of the molecule is CCOc1cccc(C2/C(=C(/O)c3ccc4c(c3)OCCO4)C(=O)C(=O)N2CCCN(C)C)c1. The number of carbonyl (C=O) groups excluding carboxylic acids is 2. The van der Waals surface area contributed by atoms with Crippen molar-refractivity contribution in [3.05, 3.63) is 59.2 Å². The number of aliphatic hydroxyl groups is 1. The minimum Gasteiger partial charge on any atom is -0.507 e. The van der Waals surface area contributed by atoms with Gasteiger partial charge in [-0.15, -0.1) is 0 Å². The molecule has 1 saturated heterocycles. The third-order valence-corrected chi connectivity index (χ3v) is 5.84. The summed E-state index contributed by atoms with van der Waals surface area (Å²) in [6.07, 6.45) is 0.686. The Balaban J connectivity index is 1.79. The van der Waals surface area contributed by atoms with E-state index in [9.17, 15) is 14.7 Å². The molecule has 1 atom stereocenters. The van der Waals surface area contributed by atoms with Crippen LogP contribution in [0.5, 0.6) is 17.2 Å². The van der Waals surface area contributed by atoms with E-state index >= 15 is 0 Å². The first-order valence-electron chi connectivity index (χ1n) is 11.5. The van der Waals surface area contributed by atoms with Gasteiger partial charge in [-0.3, -0.25) is 9.59 Å². The van der Waals surface area contributed by atoms with E-state index in [1.165, 1.54) is 0 Å². The quantitative estimate of drug-likeness (QED) is 0.363. The second-order valence-corrected chi connectivity index (χ2v) is 8.51. The lowest BCUT2D eigenvalue weighted by atomic mass is 9.95. The number of aliphatic hydroxyl groups excluding tert-OH is 1. The molecule has 1 fully saturated rings. The van der Waals surface area contributed by atoms with Gasteiger partial charge in [-0.05, 0) is 69.9 Å². The van der Waals surface area contributed by atoms with Crippen LogP contribution in [0.4, 0.5) is 0 Å². The van der Waals surface area contributed by atoms with Crippen molar-refractivity contribution in [1.29, 1.82) is 0 Å². The number of amides is 1. The fourth-order valence-corrected chi connectivity index (χ4v) is 4.30. The van der Waals surface area contributed by atoms with Crippen molar-refractivity contribution in [3.8, 4) is 17.2 Å². The summed E-state index contributed by atoms with van der Waals surface area (Å²) in [5.41, 5.74) is 1.15. The zero-order valence-electron chi connectivity index (χ0n) is 19.7. The Bertz CT molecular complexity index is 1110. The molecular weight excluding hydrogens is 436 g/mol. The zero-order chi connectivity index (χ0) is 24.2. The van der Waals surface area contributed by atoms with Crippen molar-refractivity contribution < 1.29 is 28.9 Å². The molecule has 0 spiro atoms. The maximum Gasteiger partial charge on any atom is 0.295 e. The lowest BCUT2D eigenvalue weighted by molar-refractivity contribution is -0.139. The molecule has 1 N–H and O–H groups in total. The van der Waals surface area contributed by atoms with Gasteiger partial charge in [0.25, 0.3) is 11.7 Å². The van der Waals surface area contributed by atoms with Gasteiger partial charge in [-0.2, -0.15) is 0 Å². The van der Waals surface area contributed by atoms with E-state index in [1.807, 2.05) is 50.2 Å². The first-order chi connectivity index (χ1) is 16.4. The molecule has 2 aromatic carbocycles. The summed E-state index contributed by atoms with van der Waals surface area (Å²) in [4.78, 5) is 29.9. The van der Waals surface area contributed by atoms with E-state index in [-0.39, 0.29) is 11.3 Å². The molecule has 1 unspecified atom stereocenters. The number of hydrogen-bond acceptors (Lipinski definition) is 7. The highest BCUT2D eigenvalue weighted by Crippen LogP contribution is 2.41. The number of ketones is 1. The van der Waals surface area contributed by atoms with Gasteiger partial charge in [-0.1, -0.05) is 12.1 Å². The number of carbonyl (C=O) groups is 2. The Hall–Kier alpha value is -3.52. The molecule has 8 nitrogen and oxygen atoms in total. The second kappa shape index (κ2) is 10.2. The molecule has 0 aromatic heterocycles. The highest BCUT2D eigenvalue weighted by molar-refractivity contribution is 6.46. The molecule has 2 aromatic rings. The number of rotatable bonds is 8. The van der Waals surface area contributed by atoms with Crippen LogP contribution in [0.1, 0.15) is 30.5 Å². The molecule has 34 heavy (non-hydrogen) atoms. The van der Waals surface area contributed by atoms with Crippen LogP contribution in [0, 0.1) is 0 Å².